The minimum atomic E-state index is -0.281. The highest BCUT2D eigenvalue weighted by Crippen LogP contribution is 2.20. The quantitative estimate of drug-likeness (QED) is 0.887. The number of benzene rings is 2. The van der Waals surface area contributed by atoms with E-state index in [-0.39, 0.29) is 11.7 Å². The summed E-state index contributed by atoms with van der Waals surface area (Å²) in [7, 11) is 0. The highest BCUT2D eigenvalue weighted by molar-refractivity contribution is 6.08. The molecule has 0 heterocycles. The first-order valence-corrected chi connectivity index (χ1v) is 6.93. The third-order valence-electron chi connectivity index (χ3n) is 3.20. The number of carbonyl (C=O) groups excluding carboxylic acids is 1. The molecule has 0 aliphatic rings. The number of amides is 1. The van der Waals surface area contributed by atoms with Crippen molar-refractivity contribution in [2.24, 2.45) is 0 Å². The van der Waals surface area contributed by atoms with E-state index in [4.69, 9.17) is 0 Å². The predicted octanol–water partition coefficient (Wildman–Crippen LogP) is 4.13. The molecule has 3 nitrogen and oxygen atoms in total. The van der Waals surface area contributed by atoms with Crippen molar-refractivity contribution in [3.63, 3.8) is 0 Å². The van der Waals surface area contributed by atoms with Gasteiger partial charge < -0.3 is 10.6 Å². The zero-order valence-corrected chi connectivity index (χ0v) is 12.5. The molecular weight excluding hydrogens is 267 g/mol. The second kappa shape index (κ2) is 6.39. The van der Waals surface area contributed by atoms with Crippen molar-refractivity contribution in [1.29, 1.82) is 0 Å². The van der Waals surface area contributed by atoms with Gasteiger partial charge in [0.15, 0.2) is 0 Å². The van der Waals surface area contributed by atoms with E-state index >= 15 is 0 Å². The Hall–Kier alpha value is -2.36. The van der Waals surface area contributed by atoms with Crippen LogP contribution in [0.25, 0.3) is 0 Å². The van der Waals surface area contributed by atoms with E-state index < -0.39 is 0 Å². The molecule has 0 atom stereocenters. The zero-order chi connectivity index (χ0) is 15.4. The third kappa shape index (κ3) is 3.60. The first-order chi connectivity index (χ1) is 10.0. The molecule has 21 heavy (non-hydrogen) atoms. The van der Waals surface area contributed by atoms with Crippen LogP contribution in [0.15, 0.2) is 36.4 Å². The molecule has 0 saturated carbocycles. The van der Waals surface area contributed by atoms with E-state index in [0.717, 1.165) is 17.8 Å². The van der Waals surface area contributed by atoms with Crippen LogP contribution in [0.1, 0.15) is 28.4 Å². The predicted molar refractivity (Wildman–Crippen MR) is 84.4 cm³/mol. The summed E-state index contributed by atoms with van der Waals surface area (Å²) in [6.45, 7) is 6.36. The Kier molecular flexibility index (Phi) is 4.58. The van der Waals surface area contributed by atoms with Crippen molar-refractivity contribution in [2.45, 2.75) is 20.8 Å². The van der Waals surface area contributed by atoms with Gasteiger partial charge in [-0.3, -0.25) is 4.79 Å². The summed E-state index contributed by atoms with van der Waals surface area (Å²) in [6.07, 6.45) is 0. The van der Waals surface area contributed by atoms with Crippen molar-refractivity contribution in [1.82, 2.24) is 0 Å². The van der Waals surface area contributed by atoms with Crippen LogP contribution in [-0.2, 0) is 0 Å². The van der Waals surface area contributed by atoms with Crippen LogP contribution in [0.5, 0.6) is 0 Å². The Balaban J connectivity index is 2.25. The number of rotatable bonds is 4. The van der Waals surface area contributed by atoms with Gasteiger partial charge in [0, 0.05) is 17.9 Å². The fourth-order valence-electron chi connectivity index (χ4n) is 2.11. The lowest BCUT2D eigenvalue weighted by Crippen LogP contribution is -2.15. The lowest BCUT2D eigenvalue weighted by atomic mass is 10.1. The Morgan fingerprint density at radius 1 is 1.14 bits per heavy atom. The minimum Gasteiger partial charge on any atom is -0.385 e. The molecule has 0 aliphatic heterocycles. The highest BCUT2D eigenvalue weighted by Gasteiger charge is 2.12. The first kappa shape index (κ1) is 15.0. The summed E-state index contributed by atoms with van der Waals surface area (Å²) in [5.41, 5.74) is 3.55. The summed E-state index contributed by atoms with van der Waals surface area (Å²) in [4.78, 5) is 12.4. The molecule has 2 aromatic carbocycles. The van der Waals surface area contributed by atoms with Gasteiger partial charge in [-0.05, 0) is 62.2 Å². The summed E-state index contributed by atoms with van der Waals surface area (Å²) in [5.74, 6) is -0.492. The van der Waals surface area contributed by atoms with Crippen LogP contribution in [0, 0.1) is 19.7 Å². The van der Waals surface area contributed by atoms with E-state index in [1.165, 1.54) is 6.07 Å². The third-order valence-corrected chi connectivity index (χ3v) is 3.20. The summed E-state index contributed by atoms with van der Waals surface area (Å²) in [6, 6.07) is 10.2. The molecule has 0 aromatic heterocycles. The number of anilines is 2. The number of hydrogen-bond acceptors (Lipinski definition) is 2. The molecule has 0 bridgehead atoms. The Labute approximate surface area is 124 Å². The molecule has 110 valence electrons. The van der Waals surface area contributed by atoms with Gasteiger partial charge in [0.2, 0.25) is 0 Å². The molecule has 0 spiro atoms. The van der Waals surface area contributed by atoms with Gasteiger partial charge >= 0.3 is 0 Å². The molecular formula is C17H19FN2O. The zero-order valence-electron chi connectivity index (χ0n) is 12.5. The number of hydrogen-bond donors (Lipinski definition) is 2. The van der Waals surface area contributed by atoms with Crippen LogP contribution in [0.4, 0.5) is 15.8 Å². The molecule has 0 fully saturated rings. The summed E-state index contributed by atoms with van der Waals surface area (Å²) < 4.78 is 13.2. The molecule has 0 unspecified atom stereocenters. The molecule has 0 radical (unpaired) electrons. The van der Waals surface area contributed by atoms with E-state index in [0.29, 0.717) is 16.8 Å². The normalized spacial score (nSPS) is 10.3. The molecule has 2 rings (SSSR count). The molecule has 4 heteroatoms. The van der Waals surface area contributed by atoms with Gasteiger partial charge in [0.25, 0.3) is 5.91 Å². The highest BCUT2D eigenvalue weighted by atomic mass is 19.1. The van der Waals surface area contributed by atoms with Gasteiger partial charge in [0.05, 0.1) is 5.56 Å². The van der Waals surface area contributed by atoms with Gasteiger partial charge in [0.1, 0.15) is 5.82 Å². The van der Waals surface area contributed by atoms with E-state index in [1.807, 2.05) is 26.0 Å². The second-order valence-corrected chi connectivity index (χ2v) is 5.00. The Bertz CT molecular complexity index is 668. The second-order valence-electron chi connectivity index (χ2n) is 5.00. The standard InChI is InChI=1S/C17H19FN2O/c1-4-19-16-9-11(2)5-7-14(16)17(21)20-13-6-8-15(18)12(3)10-13/h5-10,19H,4H2,1-3H3,(H,20,21). The maximum absolute atomic E-state index is 13.2. The molecule has 0 aliphatic carbocycles. The average Bonchev–Trinajstić information content (AvgIpc) is 2.43. The lowest BCUT2D eigenvalue weighted by molar-refractivity contribution is 0.102. The molecule has 0 saturated heterocycles. The number of halogens is 1. The summed E-state index contributed by atoms with van der Waals surface area (Å²) >= 11 is 0. The van der Waals surface area contributed by atoms with Crippen LogP contribution in [-0.4, -0.2) is 12.5 Å². The van der Waals surface area contributed by atoms with Crippen molar-refractivity contribution < 1.29 is 9.18 Å². The van der Waals surface area contributed by atoms with Gasteiger partial charge in [-0.15, -0.1) is 0 Å². The Morgan fingerprint density at radius 2 is 1.90 bits per heavy atom. The summed E-state index contributed by atoms with van der Waals surface area (Å²) in [5, 5.41) is 5.98. The number of carbonyl (C=O) groups is 1. The maximum atomic E-state index is 13.2. The minimum absolute atomic E-state index is 0.211. The lowest BCUT2D eigenvalue weighted by Gasteiger charge is -2.12. The monoisotopic (exact) mass is 286 g/mol. The number of aryl methyl sites for hydroxylation is 2. The van der Waals surface area contributed by atoms with Crippen molar-refractivity contribution in [3.8, 4) is 0 Å². The Morgan fingerprint density at radius 3 is 2.57 bits per heavy atom. The van der Waals surface area contributed by atoms with E-state index in [9.17, 15) is 9.18 Å². The van der Waals surface area contributed by atoms with Crippen LogP contribution < -0.4 is 10.6 Å². The fourth-order valence-corrected chi connectivity index (χ4v) is 2.11. The smallest absolute Gasteiger partial charge is 0.257 e. The SMILES string of the molecule is CCNc1cc(C)ccc1C(=O)Nc1ccc(F)c(C)c1. The average molecular weight is 286 g/mol. The number of nitrogens with one attached hydrogen (secondary N) is 2. The van der Waals surface area contributed by atoms with E-state index in [1.54, 1.807) is 25.1 Å². The largest absolute Gasteiger partial charge is 0.385 e. The van der Waals surface area contributed by atoms with Crippen LogP contribution in [0.2, 0.25) is 0 Å². The van der Waals surface area contributed by atoms with Gasteiger partial charge in [-0.25, -0.2) is 4.39 Å². The molecule has 2 aromatic rings. The van der Waals surface area contributed by atoms with E-state index in [2.05, 4.69) is 10.6 Å². The topological polar surface area (TPSA) is 41.1 Å². The van der Waals surface area contributed by atoms with Gasteiger partial charge in [-0.2, -0.15) is 0 Å². The van der Waals surface area contributed by atoms with Crippen LogP contribution in [0.3, 0.4) is 0 Å². The first-order valence-electron chi connectivity index (χ1n) is 6.93. The van der Waals surface area contributed by atoms with Crippen molar-refractivity contribution in [2.75, 3.05) is 17.2 Å². The maximum Gasteiger partial charge on any atom is 0.257 e. The molecule has 2 N–H and O–H groups in total. The van der Waals surface area contributed by atoms with Crippen molar-refractivity contribution >= 4 is 17.3 Å². The molecule has 1 amide bonds. The van der Waals surface area contributed by atoms with Crippen LogP contribution >= 0.6 is 0 Å². The van der Waals surface area contributed by atoms with Crippen molar-refractivity contribution in [3.05, 3.63) is 58.9 Å². The fraction of sp³-hybridized carbons (Fsp3) is 0.235. The van der Waals surface area contributed by atoms with Gasteiger partial charge in [-0.1, -0.05) is 6.07 Å².